The molecule has 12 heavy (non-hydrogen) atoms. The maximum Gasteiger partial charge on any atom is 0.198 e. The Bertz CT molecular complexity index is 189. The van der Waals surface area contributed by atoms with E-state index in [4.69, 9.17) is 4.55 Å². The third-order valence-corrected chi connectivity index (χ3v) is 1.25. The van der Waals surface area contributed by atoms with E-state index in [1.807, 2.05) is 6.07 Å². The molecule has 0 heterocycles. The van der Waals surface area contributed by atoms with Gasteiger partial charge in [-0.15, -0.1) is 0 Å². The lowest BCUT2D eigenvalue weighted by Gasteiger charge is -1.89. The number of halogens is 2. The summed E-state index contributed by atoms with van der Waals surface area (Å²) < 4.78 is 9.09. The normalized spacial score (nSPS) is 9.08. The maximum absolute atomic E-state index is 9.09. The molecule has 0 spiro atoms. The zero-order valence-corrected chi connectivity index (χ0v) is 8.99. The summed E-state index contributed by atoms with van der Waals surface area (Å²) in [5, 5.41) is 0. The SMILES string of the molecule is CCc1ccccc1.[O-][S+](Cl)Cl. The number of aryl methyl sites for hydroxylation is 1. The van der Waals surface area contributed by atoms with E-state index in [-0.39, 0.29) is 0 Å². The second-order valence-corrected chi connectivity index (χ2v) is 4.55. The van der Waals surface area contributed by atoms with E-state index in [1.54, 1.807) is 0 Å². The Balaban J connectivity index is 0.000000261. The van der Waals surface area contributed by atoms with Crippen molar-refractivity contribution in [1.82, 2.24) is 0 Å². The number of benzene rings is 1. The van der Waals surface area contributed by atoms with Crippen LogP contribution in [0.25, 0.3) is 0 Å². The van der Waals surface area contributed by atoms with E-state index in [1.165, 1.54) is 5.56 Å². The maximum atomic E-state index is 9.09. The van der Waals surface area contributed by atoms with Gasteiger partial charge in [0.15, 0.2) is 31.0 Å². The minimum Gasteiger partial charge on any atom is -0.582 e. The molecule has 0 aliphatic rings. The third kappa shape index (κ3) is 8.21. The van der Waals surface area contributed by atoms with Gasteiger partial charge in [0.05, 0.1) is 0 Å². The summed E-state index contributed by atoms with van der Waals surface area (Å²) in [6.45, 7) is 2.16. The first kappa shape index (κ1) is 12.1. The lowest BCUT2D eigenvalue weighted by atomic mass is 10.2. The van der Waals surface area contributed by atoms with Gasteiger partial charge in [-0.2, -0.15) is 0 Å². The Hall–Kier alpha value is 0.110. The van der Waals surface area contributed by atoms with Gasteiger partial charge < -0.3 is 4.55 Å². The smallest absolute Gasteiger partial charge is 0.198 e. The van der Waals surface area contributed by atoms with Crippen LogP contribution in [0.1, 0.15) is 12.5 Å². The summed E-state index contributed by atoms with van der Waals surface area (Å²) in [7, 11) is 7.36. The van der Waals surface area contributed by atoms with Gasteiger partial charge >= 0.3 is 0 Å². The molecule has 0 amide bonds. The molecular formula is C8H10Cl2OS. The quantitative estimate of drug-likeness (QED) is 0.672. The van der Waals surface area contributed by atoms with Gasteiger partial charge in [0.1, 0.15) is 0 Å². The number of rotatable bonds is 1. The molecule has 0 saturated heterocycles. The van der Waals surface area contributed by atoms with Gasteiger partial charge in [-0.1, -0.05) is 37.3 Å². The highest BCUT2D eigenvalue weighted by Gasteiger charge is 1.83. The summed E-state index contributed by atoms with van der Waals surface area (Å²) in [6, 6.07) is 10.5. The molecule has 0 aliphatic heterocycles. The summed E-state index contributed by atoms with van der Waals surface area (Å²) in [4.78, 5) is 0. The van der Waals surface area contributed by atoms with Crippen molar-refractivity contribution in [3.05, 3.63) is 35.9 Å². The highest BCUT2D eigenvalue weighted by atomic mass is 36.0. The zero-order chi connectivity index (χ0) is 9.40. The predicted octanol–water partition coefficient (Wildman–Crippen LogP) is 3.29. The molecule has 0 aliphatic carbocycles. The fourth-order valence-electron chi connectivity index (χ4n) is 0.714. The summed E-state index contributed by atoms with van der Waals surface area (Å²) in [5.41, 5.74) is 1.41. The molecule has 4 heteroatoms. The molecule has 0 bridgehead atoms. The van der Waals surface area contributed by atoms with E-state index >= 15 is 0 Å². The van der Waals surface area contributed by atoms with Crippen molar-refractivity contribution in [2.75, 3.05) is 0 Å². The molecule has 1 aromatic rings. The Morgan fingerprint density at radius 1 is 1.25 bits per heavy atom. The lowest BCUT2D eigenvalue weighted by molar-refractivity contribution is 0.620. The summed E-state index contributed by atoms with van der Waals surface area (Å²) in [5.74, 6) is 0. The Kier molecular flexibility index (Phi) is 7.81. The first-order chi connectivity index (χ1) is 5.66. The summed E-state index contributed by atoms with van der Waals surface area (Å²) in [6.07, 6.45) is 1.14. The molecule has 1 aromatic carbocycles. The average Bonchev–Trinajstić information content (AvgIpc) is 2.05. The fourth-order valence-corrected chi connectivity index (χ4v) is 0.714. The molecule has 0 fully saturated rings. The Morgan fingerprint density at radius 2 is 1.67 bits per heavy atom. The van der Waals surface area contributed by atoms with Crippen molar-refractivity contribution < 1.29 is 4.55 Å². The highest BCUT2D eigenvalue weighted by molar-refractivity contribution is 8.31. The highest BCUT2D eigenvalue weighted by Crippen LogP contribution is 1.98. The van der Waals surface area contributed by atoms with E-state index in [9.17, 15) is 0 Å². The van der Waals surface area contributed by atoms with Gasteiger partial charge in [-0.05, 0) is 12.0 Å². The number of hydrogen-bond donors (Lipinski definition) is 0. The molecular weight excluding hydrogens is 215 g/mol. The van der Waals surface area contributed by atoms with Gasteiger partial charge in [0.2, 0.25) is 0 Å². The minimum absolute atomic E-state index is 1.14. The van der Waals surface area contributed by atoms with Crippen LogP contribution in [0.5, 0.6) is 0 Å². The standard InChI is InChI=1S/C8H10.Cl2OS/c1-2-8-6-4-3-5-7-8;1-4(2)3/h3-7H,2H2,1H3;. The molecule has 0 atom stereocenters. The molecule has 68 valence electrons. The van der Waals surface area contributed by atoms with Crippen molar-refractivity contribution in [2.24, 2.45) is 0 Å². The van der Waals surface area contributed by atoms with Crippen molar-refractivity contribution >= 4 is 31.0 Å². The van der Waals surface area contributed by atoms with Crippen LogP contribution in [0.15, 0.2) is 30.3 Å². The topological polar surface area (TPSA) is 23.1 Å². The Labute approximate surface area is 84.9 Å². The molecule has 0 saturated carbocycles. The van der Waals surface area contributed by atoms with E-state index < -0.39 is 9.60 Å². The predicted molar refractivity (Wildman–Crippen MR) is 55.7 cm³/mol. The molecule has 1 nitrogen and oxygen atoms in total. The molecule has 0 aromatic heterocycles. The Morgan fingerprint density at radius 3 is 1.92 bits per heavy atom. The van der Waals surface area contributed by atoms with Gasteiger partial charge in [-0.3, -0.25) is 0 Å². The third-order valence-electron chi connectivity index (χ3n) is 1.25. The van der Waals surface area contributed by atoms with Crippen LogP contribution in [0.3, 0.4) is 0 Å². The molecule has 0 N–H and O–H groups in total. The van der Waals surface area contributed by atoms with E-state index in [0.29, 0.717) is 0 Å². The fraction of sp³-hybridized carbons (Fsp3) is 0.250. The second kappa shape index (κ2) is 7.74. The first-order valence-electron chi connectivity index (χ1n) is 3.45. The molecule has 1 rings (SSSR count). The molecule has 0 radical (unpaired) electrons. The largest absolute Gasteiger partial charge is 0.582 e. The van der Waals surface area contributed by atoms with Crippen LogP contribution >= 0.6 is 21.4 Å². The zero-order valence-electron chi connectivity index (χ0n) is 6.67. The minimum atomic E-state index is -1.67. The van der Waals surface area contributed by atoms with Crippen molar-refractivity contribution in [1.29, 1.82) is 0 Å². The van der Waals surface area contributed by atoms with Gasteiger partial charge in [0, 0.05) is 0 Å². The molecule has 0 unspecified atom stereocenters. The van der Waals surface area contributed by atoms with Gasteiger partial charge in [0.25, 0.3) is 0 Å². The van der Waals surface area contributed by atoms with Crippen LogP contribution in [-0.4, -0.2) is 4.55 Å². The van der Waals surface area contributed by atoms with Crippen LogP contribution in [0.2, 0.25) is 0 Å². The lowest BCUT2D eigenvalue weighted by Crippen LogP contribution is -1.73. The van der Waals surface area contributed by atoms with Crippen LogP contribution < -0.4 is 0 Å². The second-order valence-electron chi connectivity index (χ2n) is 2.02. The average molecular weight is 225 g/mol. The van der Waals surface area contributed by atoms with Crippen molar-refractivity contribution in [3.8, 4) is 0 Å². The summed E-state index contributed by atoms with van der Waals surface area (Å²) >= 11 is 0. The first-order valence-corrected chi connectivity index (χ1v) is 6.25. The monoisotopic (exact) mass is 224 g/mol. The number of hydrogen-bond acceptors (Lipinski definition) is 1. The van der Waals surface area contributed by atoms with Crippen molar-refractivity contribution in [2.45, 2.75) is 13.3 Å². The van der Waals surface area contributed by atoms with Crippen molar-refractivity contribution in [3.63, 3.8) is 0 Å². The van der Waals surface area contributed by atoms with Crippen LogP contribution in [-0.2, 0) is 16.0 Å². The van der Waals surface area contributed by atoms with Gasteiger partial charge in [-0.25, -0.2) is 0 Å². The van der Waals surface area contributed by atoms with Crippen LogP contribution in [0.4, 0.5) is 0 Å². The van der Waals surface area contributed by atoms with E-state index in [2.05, 4.69) is 52.6 Å². The van der Waals surface area contributed by atoms with E-state index in [0.717, 1.165) is 6.42 Å². The van der Waals surface area contributed by atoms with Crippen LogP contribution in [0, 0.1) is 0 Å².